The van der Waals surface area contributed by atoms with E-state index in [1.54, 1.807) is 28.1 Å². The topological polar surface area (TPSA) is 96.5 Å². The SMILES string of the molecule is C[C@H](OC(=O)/C=C/c1c(Cl)nc2ccccn12)C(=O)Nc1sccc1C#N. The lowest BCUT2D eigenvalue weighted by Gasteiger charge is -2.11. The molecule has 27 heavy (non-hydrogen) atoms. The van der Waals surface area contributed by atoms with Gasteiger partial charge < -0.3 is 10.1 Å². The van der Waals surface area contributed by atoms with Crippen molar-refractivity contribution in [1.82, 2.24) is 9.38 Å². The van der Waals surface area contributed by atoms with E-state index in [1.807, 2.05) is 18.2 Å². The van der Waals surface area contributed by atoms with Gasteiger partial charge in [-0.1, -0.05) is 17.7 Å². The van der Waals surface area contributed by atoms with E-state index in [1.165, 1.54) is 30.4 Å². The molecular formula is C18H13ClN4O3S. The third-order valence-corrected chi connectivity index (χ3v) is 4.69. The predicted molar refractivity (Wildman–Crippen MR) is 102 cm³/mol. The highest BCUT2D eigenvalue weighted by atomic mass is 35.5. The summed E-state index contributed by atoms with van der Waals surface area (Å²) in [6.07, 6.45) is 3.39. The molecule has 0 radical (unpaired) electrons. The molecule has 0 aliphatic rings. The van der Waals surface area contributed by atoms with Crippen LogP contribution in [0.3, 0.4) is 0 Å². The average molecular weight is 401 g/mol. The van der Waals surface area contributed by atoms with Gasteiger partial charge in [0.25, 0.3) is 5.91 Å². The van der Waals surface area contributed by atoms with Crippen LogP contribution in [0.2, 0.25) is 5.15 Å². The van der Waals surface area contributed by atoms with Gasteiger partial charge in [0.1, 0.15) is 16.7 Å². The van der Waals surface area contributed by atoms with Crippen LogP contribution in [-0.2, 0) is 14.3 Å². The third kappa shape index (κ3) is 4.16. The third-order valence-electron chi connectivity index (χ3n) is 3.58. The Hall–Kier alpha value is -3.15. The van der Waals surface area contributed by atoms with E-state index in [4.69, 9.17) is 21.6 Å². The Labute approximate surface area is 163 Å². The van der Waals surface area contributed by atoms with Crippen LogP contribution in [0, 0.1) is 11.3 Å². The number of thiophene rings is 1. The number of nitrogens with one attached hydrogen (secondary N) is 1. The number of imidazole rings is 1. The van der Waals surface area contributed by atoms with Crippen LogP contribution in [0.15, 0.2) is 41.9 Å². The van der Waals surface area contributed by atoms with Crippen LogP contribution in [0.4, 0.5) is 5.00 Å². The normalized spacial score (nSPS) is 12.0. The molecule has 3 aromatic heterocycles. The number of rotatable bonds is 5. The number of halogens is 1. The highest BCUT2D eigenvalue weighted by Gasteiger charge is 2.18. The van der Waals surface area contributed by atoms with Gasteiger partial charge in [-0.05, 0) is 36.6 Å². The Morgan fingerprint density at radius 2 is 2.26 bits per heavy atom. The molecule has 3 rings (SSSR count). The summed E-state index contributed by atoms with van der Waals surface area (Å²) in [6.45, 7) is 1.45. The number of amides is 1. The maximum absolute atomic E-state index is 12.1. The molecule has 3 aromatic rings. The molecule has 7 nitrogen and oxygen atoms in total. The number of fused-ring (bicyclic) bond motifs is 1. The van der Waals surface area contributed by atoms with Gasteiger partial charge in [0.05, 0.1) is 11.3 Å². The summed E-state index contributed by atoms with van der Waals surface area (Å²) in [6, 6.07) is 8.99. The van der Waals surface area contributed by atoms with Crippen LogP contribution >= 0.6 is 22.9 Å². The molecule has 0 aliphatic heterocycles. The molecule has 0 aliphatic carbocycles. The zero-order chi connectivity index (χ0) is 19.4. The Bertz CT molecular complexity index is 1080. The summed E-state index contributed by atoms with van der Waals surface area (Å²) >= 11 is 7.31. The minimum atomic E-state index is -1.03. The molecule has 1 atom stereocenters. The van der Waals surface area contributed by atoms with Gasteiger partial charge in [0.15, 0.2) is 11.3 Å². The molecule has 1 amide bonds. The Morgan fingerprint density at radius 3 is 3.04 bits per heavy atom. The molecule has 1 N–H and O–H groups in total. The summed E-state index contributed by atoms with van der Waals surface area (Å²) < 4.78 is 6.82. The summed E-state index contributed by atoms with van der Waals surface area (Å²) in [5.74, 6) is -1.23. The number of pyridine rings is 1. The molecule has 3 heterocycles. The molecule has 0 fully saturated rings. The van der Waals surface area contributed by atoms with Crippen molar-refractivity contribution >= 4 is 51.5 Å². The average Bonchev–Trinajstić information content (AvgIpc) is 3.22. The lowest BCUT2D eigenvalue weighted by Crippen LogP contribution is -2.29. The van der Waals surface area contributed by atoms with Gasteiger partial charge in [-0.15, -0.1) is 11.3 Å². The number of carbonyl (C=O) groups is 2. The minimum absolute atomic E-state index is 0.248. The second-order valence-corrected chi connectivity index (χ2v) is 6.67. The first-order valence-electron chi connectivity index (χ1n) is 7.79. The molecule has 0 unspecified atom stereocenters. The number of carbonyl (C=O) groups excluding carboxylic acids is 2. The molecule has 0 spiro atoms. The number of nitrogens with zero attached hydrogens (tertiary/aromatic N) is 3. The Morgan fingerprint density at radius 1 is 1.44 bits per heavy atom. The van der Waals surface area contributed by atoms with Gasteiger partial charge in [-0.2, -0.15) is 5.26 Å². The molecular weight excluding hydrogens is 388 g/mol. The van der Waals surface area contributed by atoms with Crippen LogP contribution in [-0.4, -0.2) is 27.4 Å². The zero-order valence-corrected chi connectivity index (χ0v) is 15.6. The lowest BCUT2D eigenvalue weighted by atomic mass is 10.3. The van der Waals surface area contributed by atoms with E-state index in [0.717, 1.165) is 0 Å². The van der Waals surface area contributed by atoms with Crippen molar-refractivity contribution in [3.63, 3.8) is 0 Å². The van der Waals surface area contributed by atoms with Crippen LogP contribution in [0.1, 0.15) is 18.2 Å². The smallest absolute Gasteiger partial charge is 0.331 e. The number of hydrogen-bond acceptors (Lipinski definition) is 6. The van der Waals surface area contributed by atoms with Crippen molar-refractivity contribution in [2.75, 3.05) is 5.32 Å². The van der Waals surface area contributed by atoms with Gasteiger partial charge in [-0.3, -0.25) is 9.20 Å². The standard InChI is InChI=1S/C18H13ClN4O3S/c1-11(17(25)22-18-12(10-20)7-9-27-18)26-15(24)6-5-13-16(19)21-14-4-2-3-8-23(13)14/h2-9,11H,1H3,(H,22,25)/b6-5+/t11-/m0/s1. The van der Waals surface area contributed by atoms with E-state index in [2.05, 4.69) is 10.3 Å². The molecule has 0 saturated carbocycles. The predicted octanol–water partition coefficient (Wildman–Crippen LogP) is 3.50. The quantitative estimate of drug-likeness (QED) is 0.522. The fourth-order valence-electron chi connectivity index (χ4n) is 2.26. The Kier molecular flexibility index (Phi) is 5.54. The zero-order valence-electron chi connectivity index (χ0n) is 14.0. The van der Waals surface area contributed by atoms with E-state index in [9.17, 15) is 9.59 Å². The minimum Gasteiger partial charge on any atom is -0.449 e. The summed E-state index contributed by atoms with van der Waals surface area (Å²) in [7, 11) is 0. The van der Waals surface area contributed by atoms with Crippen molar-refractivity contribution in [3.05, 3.63) is 58.3 Å². The lowest BCUT2D eigenvalue weighted by molar-refractivity contribution is -0.148. The van der Waals surface area contributed by atoms with E-state index >= 15 is 0 Å². The molecule has 9 heteroatoms. The fourth-order valence-corrected chi connectivity index (χ4v) is 3.24. The van der Waals surface area contributed by atoms with E-state index in [-0.39, 0.29) is 5.15 Å². The van der Waals surface area contributed by atoms with Crippen molar-refractivity contribution in [1.29, 1.82) is 5.26 Å². The first-order valence-corrected chi connectivity index (χ1v) is 9.05. The van der Waals surface area contributed by atoms with Gasteiger partial charge >= 0.3 is 5.97 Å². The Balaban J connectivity index is 1.64. The maximum Gasteiger partial charge on any atom is 0.331 e. The number of ether oxygens (including phenoxy) is 1. The van der Waals surface area contributed by atoms with Crippen LogP contribution in [0.5, 0.6) is 0 Å². The number of hydrogen-bond donors (Lipinski definition) is 1. The van der Waals surface area contributed by atoms with Crippen molar-refractivity contribution in [2.45, 2.75) is 13.0 Å². The highest BCUT2D eigenvalue weighted by molar-refractivity contribution is 7.14. The first kappa shape index (κ1) is 18.6. The fraction of sp³-hybridized carbons (Fsp3) is 0.111. The van der Waals surface area contributed by atoms with Gasteiger partial charge in [0, 0.05) is 12.3 Å². The van der Waals surface area contributed by atoms with Crippen molar-refractivity contribution in [2.24, 2.45) is 0 Å². The number of nitriles is 1. The second kappa shape index (κ2) is 8.03. The largest absolute Gasteiger partial charge is 0.449 e. The second-order valence-electron chi connectivity index (χ2n) is 5.39. The van der Waals surface area contributed by atoms with E-state index in [0.29, 0.717) is 21.9 Å². The van der Waals surface area contributed by atoms with Crippen LogP contribution in [0.25, 0.3) is 11.7 Å². The summed E-state index contributed by atoms with van der Waals surface area (Å²) in [4.78, 5) is 28.3. The van der Waals surface area contributed by atoms with Crippen LogP contribution < -0.4 is 5.32 Å². The molecule has 0 bridgehead atoms. The van der Waals surface area contributed by atoms with Gasteiger partial charge in [0.2, 0.25) is 0 Å². The van der Waals surface area contributed by atoms with E-state index < -0.39 is 18.0 Å². The first-order chi connectivity index (χ1) is 13.0. The monoisotopic (exact) mass is 400 g/mol. The van der Waals surface area contributed by atoms with Gasteiger partial charge in [-0.25, -0.2) is 9.78 Å². The van der Waals surface area contributed by atoms with Crippen molar-refractivity contribution in [3.8, 4) is 6.07 Å². The highest BCUT2D eigenvalue weighted by Crippen LogP contribution is 2.22. The molecule has 0 saturated heterocycles. The molecule has 0 aromatic carbocycles. The number of aromatic nitrogens is 2. The molecule has 136 valence electrons. The summed E-state index contributed by atoms with van der Waals surface area (Å²) in [5.41, 5.74) is 1.53. The summed E-state index contributed by atoms with van der Waals surface area (Å²) in [5, 5.41) is 13.9. The maximum atomic E-state index is 12.1. The number of esters is 1. The number of anilines is 1. The van der Waals surface area contributed by atoms with Crippen molar-refractivity contribution < 1.29 is 14.3 Å².